The van der Waals surface area contributed by atoms with Gasteiger partial charge in [0.25, 0.3) is 0 Å². The van der Waals surface area contributed by atoms with Crippen molar-refractivity contribution in [3.05, 3.63) is 300 Å². The van der Waals surface area contributed by atoms with Gasteiger partial charge >= 0.3 is 0 Å². The number of fused-ring (bicyclic) bond motifs is 18. The van der Waals surface area contributed by atoms with Crippen LogP contribution in [0.1, 0.15) is 47.2 Å². The van der Waals surface area contributed by atoms with E-state index in [9.17, 15) is 0 Å². The van der Waals surface area contributed by atoms with E-state index in [-0.39, 0.29) is 5.41 Å². The van der Waals surface area contributed by atoms with Crippen molar-refractivity contribution in [2.45, 2.75) is 24.7 Å². The summed E-state index contributed by atoms with van der Waals surface area (Å²) in [5, 5.41) is 5.20. The van der Waals surface area contributed by atoms with Gasteiger partial charge in [-0.2, -0.15) is 0 Å². The molecule has 15 rings (SSSR count). The monoisotopic (exact) mass is 942 g/mol. The normalized spacial score (nSPS) is 15.1. The number of benzene rings is 12. The van der Waals surface area contributed by atoms with Crippen LogP contribution in [0.15, 0.2) is 267 Å². The van der Waals surface area contributed by atoms with Crippen LogP contribution in [-0.2, 0) is 10.8 Å². The summed E-state index contributed by atoms with van der Waals surface area (Å²) in [6, 6.07) is 99.4. The lowest BCUT2D eigenvalue weighted by molar-refractivity contribution is 0.660. The van der Waals surface area contributed by atoms with Crippen LogP contribution in [0.5, 0.6) is 0 Å². The molecule has 1 unspecified atom stereocenters. The average Bonchev–Trinajstić information content (AvgIpc) is 4.20. The SMILES string of the molecule is CC1(C)c2ccccc2-c2ccc(N(c3ccccc3)c3ccc(N(c4ccc5c(c4)-c4ccccc4C54c5ccccc5-c5c4c4ccccc4c4ccccc54)c4ccccc4-c4ccccc4)cc3)cc21. The molecule has 0 N–H and O–H groups in total. The van der Waals surface area contributed by atoms with Gasteiger partial charge in [0, 0.05) is 39.4 Å². The van der Waals surface area contributed by atoms with Crippen LogP contribution >= 0.6 is 0 Å². The summed E-state index contributed by atoms with van der Waals surface area (Å²) >= 11 is 0. The fourth-order valence-corrected chi connectivity index (χ4v) is 13.5. The molecule has 3 aliphatic rings. The van der Waals surface area contributed by atoms with Crippen molar-refractivity contribution in [3.63, 3.8) is 0 Å². The van der Waals surface area contributed by atoms with Crippen molar-refractivity contribution in [2.24, 2.45) is 0 Å². The van der Waals surface area contributed by atoms with Crippen molar-refractivity contribution < 1.29 is 0 Å². The summed E-state index contributed by atoms with van der Waals surface area (Å²) in [5.74, 6) is 0. The molecule has 1 spiro atoms. The van der Waals surface area contributed by atoms with Crippen LogP contribution in [0.2, 0.25) is 0 Å². The Labute approximate surface area is 432 Å². The van der Waals surface area contributed by atoms with Gasteiger partial charge in [0.1, 0.15) is 0 Å². The first-order valence-corrected chi connectivity index (χ1v) is 25.9. The molecule has 0 heterocycles. The maximum absolute atomic E-state index is 2.48. The molecule has 0 aliphatic heterocycles. The minimum Gasteiger partial charge on any atom is -0.310 e. The molecule has 348 valence electrons. The Balaban J connectivity index is 0.931. The Morgan fingerprint density at radius 1 is 0.270 bits per heavy atom. The summed E-state index contributed by atoms with van der Waals surface area (Å²) in [4.78, 5) is 4.88. The Morgan fingerprint density at radius 2 is 0.716 bits per heavy atom. The van der Waals surface area contributed by atoms with E-state index in [2.05, 4.69) is 291 Å². The lowest BCUT2D eigenvalue weighted by Gasteiger charge is -2.33. The first kappa shape index (κ1) is 42.4. The Bertz CT molecular complexity index is 4230. The molecule has 0 radical (unpaired) electrons. The first-order chi connectivity index (χ1) is 36.5. The van der Waals surface area contributed by atoms with Crippen LogP contribution in [0.4, 0.5) is 34.1 Å². The van der Waals surface area contributed by atoms with Crippen molar-refractivity contribution in [2.75, 3.05) is 9.80 Å². The molecule has 0 saturated heterocycles. The van der Waals surface area contributed by atoms with Crippen molar-refractivity contribution in [3.8, 4) is 44.5 Å². The predicted octanol–water partition coefficient (Wildman–Crippen LogP) is 19.2. The van der Waals surface area contributed by atoms with Gasteiger partial charge in [0.15, 0.2) is 0 Å². The van der Waals surface area contributed by atoms with Crippen molar-refractivity contribution >= 4 is 55.7 Å². The van der Waals surface area contributed by atoms with Gasteiger partial charge in [-0.3, -0.25) is 0 Å². The molecule has 12 aromatic carbocycles. The maximum atomic E-state index is 2.48. The van der Waals surface area contributed by atoms with Gasteiger partial charge in [0.05, 0.1) is 11.1 Å². The van der Waals surface area contributed by atoms with Crippen LogP contribution in [-0.4, -0.2) is 0 Å². The van der Waals surface area contributed by atoms with E-state index < -0.39 is 5.41 Å². The molecule has 1 atom stereocenters. The first-order valence-electron chi connectivity index (χ1n) is 25.9. The number of rotatable bonds is 7. The van der Waals surface area contributed by atoms with E-state index in [4.69, 9.17) is 0 Å². The summed E-state index contributed by atoms with van der Waals surface area (Å²) in [5.41, 5.74) is 24.3. The van der Waals surface area contributed by atoms with E-state index in [1.165, 1.54) is 99.4 Å². The van der Waals surface area contributed by atoms with Crippen molar-refractivity contribution in [1.29, 1.82) is 0 Å². The molecular formula is C72H50N2. The van der Waals surface area contributed by atoms with E-state index in [1.807, 2.05) is 0 Å². The van der Waals surface area contributed by atoms with Crippen LogP contribution in [0.25, 0.3) is 66.1 Å². The third-order valence-corrected chi connectivity index (χ3v) is 16.6. The molecule has 3 aliphatic carbocycles. The molecule has 0 fully saturated rings. The van der Waals surface area contributed by atoms with E-state index in [0.717, 1.165) is 34.1 Å². The predicted molar refractivity (Wildman–Crippen MR) is 310 cm³/mol. The second kappa shape index (κ2) is 16.1. The Hall–Kier alpha value is -9.24. The zero-order chi connectivity index (χ0) is 49.1. The standard InChI is InChI=1S/C72H50N2/c1-71(2)63-33-17-13-28-56(63)58-43-41-52(46-67(58)71)73(48-23-7-4-8-24-48)49-37-39-50(40-38-49)74(68-36-20-16-25-53(68)47-21-5-3-6-22-47)51-42-44-66-62(45-51)57-29-14-18-34-64(57)72(66)65-35-19-15-32-61(65)69-59-30-11-9-26-54(59)55-27-10-12-31-60(55)70(69)72/h3-46H,1-2H3. The molecule has 0 amide bonds. The lowest BCUT2D eigenvalue weighted by atomic mass is 9.69. The maximum Gasteiger partial charge on any atom is 0.0731 e. The Kier molecular flexibility index (Phi) is 9.25. The minimum absolute atomic E-state index is 0.122. The zero-order valence-corrected chi connectivity index (χ0v) is 41.3. The van der Waals surface area contributed by atoms with Gasteiger partial charge in [0.2, 0.25) is 0 Å². The second-order valence-corrected chi connectivity index (χ2v) is 20.7. The molecule has 0 saturated carbocycles. The highest BCUT2D eigenvalue weighted by atomic mass is 15.2. The van der Waals surface area contributed by atoms with Crippen LogP contribution in [0, 0.1) is 0 Å². The summed E-state index contributed by atoms with van der Waals surface area (Å²) in [6.45, 7) is 4.72. The lowest BCUT2D eigenvalue weighted by Crippen LogP contribution is -2.26. The van der Waals surface area contributed by atoms with Crippen molar-refractivity contribution in [1.82, 2.24) is 0 Å². The quantitative estimate of drug-likeness (QED) is 0.147. The largest absolute Gasteiger partial charge is 0.310 e. The fourth-order valence-electron chi connectivity index (χ4n) is 13.5. The second-order valence-electron chi connectivity index (χ2n) is 20.7. The molecule has 2 heteroatoms. The van der Waals surface area contributed by atoms with Crippen LogP contribution < -0.4 is 9.80 Å². The zero-order valence-electron chi connectivity index (χ0n) is 41.3. The van der Waals surface area contributed by atoms with Gasteiger partial charge in [-0.05, 0) is 161 Å². The summed E-state index contributed by atoms with van der Waals surface area (Å²) in [6.07, 6.45) is 0. The topological polar surface area (TPSA) is 6.48 Å². The van der Waals surface area contributed by atoms with E-state index >= 15 is 0 Å². The number of hydrogen-bond acceptors (Lipinski definition) is 2. The third kappa shape index (κ3) is 5.94. The minimum atomic E-state index is -0.523. The number of nitrogens with zero attached hydrogens (tertiary/aromatic N) is 2. The third-order valence-electron chi connectivity index (χ3n) is 16.6. The summed E-state index contributed by atoms with van der Waals surface area (Å²) < 4.78 is 0. The molecular weight excluding hydrogens is 893 g/mol. The molecule has 74 heavy (non-hydrogen) atoms. The highest BCUT2D eigenvalue weighted by molar-refractivity contribution is 6.20. The van der Waals surface area contributed by atoms with E-state index in [0.29, 0.717) is 0 Å². The summed E-state index contributed by atoms with van der Waals surface area (Å²) in [7, 11) is 0. The molecule has 12 aromatic rings. The number of anilines is 6. The molecule has 0 bridgehead atoms. The number of para-hydroxylation sites is 2. The van der Waals surface area contributed by atoms with Gasteiger partial charge in [-0.1, -0.05) is 214 Å². The van der Waals surface area contributed by atoms with Gasteiger partial charge in [-0.25, -0.2) is 0 Å². The fraction of sp³-hybridized carbons (Fsp3) is 0.0556. The van der Waals surface area contributed by atoms with Gasteiger partial charge in [-0.15, -0.1) is 0 Å². The molecule has 0 aromatic heterocycles. The highest BCUT2D eigenvalue weighted by Crippen LogP contribution is 2.66. The molecule has 2 nitrogen and oxygen atoms in total. The highest BCUT2D eigenvalue weighted by Gasteiger charge is 2.53. The number of hydrogen-bond donors (Lipinski definition) is 0. The smallest absolute Gasteiger partial charge is 0.0731 e. The average molecular weight is 943 g/mol. The Morgan fingerprint density at radius 3 is 1.43 bits per heavy atom. The van der Waals surface area contributed by atoms with E-state index in [1.54, 1.807) is 0 Å². The van der Waals surface area contributed by atoms with Crippen LogP contribution in [0.3, 0.4) is 0 Å². The van der Waals surface area contributed by atoms with Gasteiger partial charge < -0.3 is 9.80 Å².